The zero-order valence-electron chi connectivity index (χ0n) is 8.27. The summed E-state index contributed by atoms with van der Waals surface area (Å²) in [5, 5.41) is 0.276. The van der Waals surface area contributed by atoms with Gasteiger partial charge in [0.25, 0.3) is 0 Å². The summed E-state index contributed by atoms with van der Waals surface area (Å²) in [6, 6.07) is 0. The second-order valence-corrected chi connectivity index (χ2v) is 9.63. The Morgan fingerprint density at radius 1 is 1.31 bits per heavy atom. The molecule has 0 aliphatic carbocycles. The van der Waals surface area contributed by atoms with E-state index in [9.17, 15) is 0 Å². The van der Waals surface area contributed by atoms with Crippen molar-refractivity contribution in [3.8, 4) is 0 Å². The molecule has 0 saturated heterocycles. The van der Waals surface area contributed by atoms with Crippen LogP contribution in [0.2, 0.25) is 0 Å². The molecule has 0 spiro atoms. The van der Waals surface area contributed by atoms with Gasteiger partial charge in [-0.25, -0.2) is 0 Å². The van der Waals surface area contributed by atoms with E-state index in [4.69, 9.17) is 9.79 Å². The lowest BCUT2D eigenvalue weighted by molar-refractivity contribution is 0.501. The number of rotatable bonds is 7. The first-order valence-electron chi connectivity index (χ1n) is 4.69. The molecule has 2 N–H and O–H groups in total. The van der Waals surface area contributed by atoms with E-state index in [0.717, 1.165) is 24.2 Å². The summed E-state index contributed by atoms with van der Waals surface area (Å²) in [6.07, 6.45) is 5.94. The van der Waals surface area contributed by atoms with Crippen molar-refractivity contribution < 1.29 is 9.79 Å². The van der Waals surface area contributed by atoms with E-state index >= 15 is 0 Å². The molecule has 80 valence electrons. The molecule has 0 aromatic carbocycles. The predicted molar refractivity (Wildman–Crippen MR) is 64.5 cm³/mol. The van der Waals surface area contributed by atoms with Crippen LogP contribution in [0.1, 0.15) is 46.0 Å². The summed E-state index contributed by atoms with van der Waals surface area (Å²) in [6.45, 7) is 4.18. The highest BCUT2D eigenvalue weighted by atomic mass is 32.9. The Labute approximate surface area is 90.0 Å². The molecule has 0 aromatic heterocycles. The van der Waals surface area contributed by atoms with Gasteiger partial charge in [-0.1, -0.05) is 50.9 Å². The van der Waals surface area contributed by atoms with Crippen LogP contribution in [-0.2, 0) is 11.8 Å². The van der Waals surface area contributed by atoms with Gasteiger partial charge in [0.1, 0.15) is 0 Å². The summed E-state index contributed by atoms with van der Waals surface area (Å²) in [5.41, 5.74) is -3.03. The molecule has 0 saturated carbocycles. The van der Waals surface area contributed by atoms with Gasteiger partial charge in [-0.3, -0.25) is 0 Å². The van der Waals surface area contributed by atoms with Gasteiger partial charge in [0.05, 0.1) is 0 Å². The Morgan fingerprint density at radius 3 is 2.38 bits per heavy atom. The van der Waals surface area contributed by atoms with Crippen LogP contribution in [0.3, 0.4) is 0 Å². The lowest BCUT2D eigenvalue weighted by Crippen LogP contribution is -1.95. The maximum Gasteiger partial charge on any atom is 0.242 e. The van der Waals surface area contributed by atoms with Gasteiger partial charge in [-0.2, -0.15) is 0 Å². The van der Waals surface area contributed by atoms with Crippen LogP contribution in [-0.4, -0.2) is 15.0 Å². The van der Waals surface area contributed by atoms with Gasteiger partial charge in [0.2, 0.25) is 5.69 Å². The maximum atomic E-state index is 9.04. The van der Waals surface area contributed by atoms with Crippen molar-refractivity contribution >= 4 is 28.9 Å². The van der Waals surface area contributed by atoms with E-state index in [0.29, 0.717) is 0 Å². The molecule has 0 radical (unpaired) electrons. The quantitative estimate of drug-likeness (QED) is 0.531. The molecule has 0 bridgehead atoms. The average molecular weight is 242 g/mol. The van der Waals surface area contributed by atoms with E-state index in [1.165, 1.54) is 19.3 Å². The van der Waals surface area contributed by atoms with Gasteiger partial charge in [0.15, 0.2) is 0 Å². The van der Waals surface area contributed by atoms with Crippen molar-refractivity contribution in [2.24, 2.45) is 0 Å². The van der Waals surface area contributed by atoms with E-state index in [-0.39, 0.29) is 5.25 Å². The van der Waals surface area contributed by atoms with Crippen LogP contribution in [0.25, 0.3) is 0 Å². The second-order valence-electron chi connectivity index (χ2n) is 3.26. The highest BCUT2D eigenvalue weighted by molar-refractivity contribution is 8.67. The molecule has 0 fully saturated rings. The third-order valence-electron chi connectivity index (χ3n) is 1.78. The van der Waals surface area contributed by atoms with Gasteiger partial charge < -0.3 is 9.79 Å². The monoisotopic (exact) mass is 242 g/mol. The van der Waals surface area contributed by atoms with Crippen LogP contribution in [0, 0.1) is 0 Å². The van der Waals surface area contributed by atoms with Crippen molar-refractivity contribution in [1.29, 1.82) is 0 Å². The fraction of sp³-hybridized carbons (Fsp3) is 1.00. The van der Waals surface area contributed by atoms with Crippen molar-refractivity contribution in [1.82, 2.24) is 0 Å². The lowest BCUT2D eigenvalue weighted by atomic mass is 10.1. The highest BCUT2D eigenvalue weighted by Crippen LogP contribution is 2.53. The van der Waals surface area contributed by atoms with Crippen molar-refractivity contribution in [3.05, 3.63) is 0 Å². The SMILES string of the molecule is CCCCCCC(C)SP(O)(O)=S. The zero-order chi connectivity index (χ0) is 10.3. The molecule has 0 rings (SSSR count). The van der Waals surface area contributed by atoms with Gasteiger partial charge in [-0.15, -0.1) is 0 Å². The average Bonchev–Trinajstić information content (AvgIpc) is 1.94. The molecular formula is C8H19O2PS2. The molecular weight excluding hydrogens is 223 g/mol. The van der Waals surface area contributed by atoms with E-state index in [1.807, 2.05) is 6.92 Å². The summed E-state index contributed by atoms with van der Waals surface area (Å²) < 4.78 is 0. The largest absolute Gasteiger partial charge is 0.338 e. The topological polar surface area (TPSA) is 40.5 Å². The lowest BCUT2D eigenvalue weighted by Gasteiger charge is -2.13. The minimum Gasteiger partial charge on any atom is -0.338 e. The van der Waals surface area contributed by atoms with Crippen LogP contribution >= 0.6 is 17.1 Å². The Kier molecular flexibility index (Phi) is 7.76. The van der Waals surface area contributed by atoms with Crippen molar-refractivity contribution in [3.63, 3.8) is 0 Å². The summed E-state index contributed by atoms with van der Waals surface area (Å²) in [4.78, 5) is 18.1. The van der Waals surface area contributed by atoms with Crippen LogP contribution in [0.5, 0.6) is 0 Å². The number of hydrogen-bond donors (Lipinski definition) is 2. The summed E-state index contributed by atoms with van der Waals surface area (Å²) in [7, 11) is 0. The predicted octanol–water partition coefficient (Wildman–Crippen LogP) is 3.29. The molecule has 0 aromatic rings. The second kappa shape index (κ2) is 7.24. The molecule has 2 nitrogen and oxygen atoms in total. The number of unbranched alkanes of at least 4 members (excludes halogenated alkanes) is 3. The Balaban J connectivity index is 3.41. The van der Waals surface area contributed by atoms with Gasteiger partial charge >= 0.3 is 0 Å². The zero-order valence-corrected chi connectivity index (χ0v) is 10.8. The van der Waals surface area contributed by atoms with Crippen LogP contribution < -0.4 is 0 Å². The van der Waals surface area contributed by atoms with Crippen molar-refractivity contribution in [2.75, 3.05) is 0 Å². The van der Waals surface area contributed by atoms with Gasteiger partial charge in [-0.05, 0) is 18.2 Å². The fourth-order valence-electron chi connectivity index (χ4n) is 1.15. The van der Waals surface area contributed by atoms with E-state index in [2.05, 4.69) is 18.7 Å². The minimum absolute atomic E-state index is 0.276. The first kappa shape index (κ1) is 13.9. The molecule has 13 heavy (non-hydrogen) atoms. The summed E-state index contributed by atoms with van der Waals surface area (Å²) in [5.74, 6) is 0. The first-order valence-corrected chi connectivity index (χ1v) is 8.89. The fourth-order valence-corrected chi connectivity index (χ4v) is 4.93. The standard InChI is InChI=1S/C8H19O2PS2/c1-3-4-5-6-7-8(2)13-11(9,10)12/h8H,3-7H2,1-2H3,(H2,9,10,12). The maximum absolute atomic E-state index is 9.04. The Bertz CT molecular complexity index is 170. The van der Waals surface area contributed by atoms with Crippen LogP contribution in [0.15, 0.2) is 0 Å². The highest BCUT2D eigenvalue weighted by Gasteiger charge is 2.13. The Hall–Kier alpha value is 0.920. The number of hydrogen-bond acceptors (Lipinski definition) is 2. The molecule has 0 amide bonds. The third kappa shape index (κ3) is 10.8. The smallest absolute Gasteiger partial charge is 0.242 e. The van der Waals surface area contributed by atoms with E-state index < -0.39 is 5.69 Å². The molecule has 0 aliphatic rings. The molecule has 0 aliphatic heterocycles. The first-order chi connectivity index (χ1) is 5.95. The van der Waals surface area contributed by atoms with Gasteiger partial charge in [0, 0.05) is 5.25 Å². The molecule has 1 atom stereocenters. The molecule has 0 heterocycles. The van der Waals surface area contributed by atoms with Crippen molar-refractivity contribution in [2.45, 2.75) is 51.2 Å². The Morgan fingerprint density at radius 2 is 1.92 bits per heavy atom. The molecule has 5 heteroatoms. The minimum atomic E-state index is -3.03. The summed E-state index contributed by atoms with van der Waals surface area (Å²) >= 11 is 5.70. The molecule has 1 unspecified atom stereocenters. The third-order valence-corrected chi connectivity index (χ3v) is 5.33. The normalized spacial score (nSPS) is 14.5. The van der Waals surface area contributed by atoms with E-state index in [1.54, 1.807) is 0 Å². The van der Waals surface area contributed by atoms with Crippen LogP contribution in [0.4, 0.5) is 0 Å².